The summed E-state index contributed by atoms with van der Waals surface area (Å²) in [4.78, 5) is 11.8. The number of amides is 1. The van der Waals surface area contributed by atoms with Gasteiger partial charge in [-0.2, -0.15) is 0 Å². The number of rotatable bonds is 7. The van der Waals surface area contributed by atoms with Gasteiger partial charge in [0.05, 0.1) is 19.6 Å². The van der Waals surface area contributed by atoms with Crippen LogP contribution in [0.3, 0.4) is 0 Å². The van der Waals surface area contributed by atoms with E-state index in [1.165, 1.54) is 0 Å². The molecule has 0 spiro atoms. The molecule has 4 nitrogen and oxygen atoms in total. The van der Waals surface area contributed by atoms with Crippen LogP contribution in [0.25, 0.3) is 0 Å². The van der Waals surface area contributed by atoms with Crippen molar-refractivity contribution in [2.45, 2.75) is 32.8 Å². The summed E-state index contributed by atoms with van der Waals surface area (Å²) in [5.41, 5.74) is 0.960. The van der Waals surface area contributed by atoms with Gasteiger partial charge in [-0.3, -0.25) is 4.79 Å². The first-order valence-corrected chi connectivity index (χ1v) is 6.59. The topological polar surface area (TPSA) is 58.6 Å². The van der Waals surface area contributed by atoms with E-state index in [0.29, 0.717) is 19.4 Å². The fourth-order valence-electron chi connectivity index (χ4n) is 1.94. The monoisotopic (exact) mass is 265 g/mol. The van der Waals surface area contributed by atoms with Gasteiger partial charge in [0.2, 0.25) is 5.91 Å². The number of carbonyl (C=O) groups excluding carboxylic acids is 1. The Labute approximate surface area is 114 Å². The Hall–Kier alpha value is -1.55. The highest BCUT2D eigenvalue weighted by Gasteiger charge is 2.08. The molecule has 0 saturated carbocycles. The standard InChI is InChI=1S/C15H23NO3/c1-11(8-12(2)17)10-16-15(18)9-13-4-6-14(19-3)7-5-13/h4-7,11-12,17H,8-10H2,1-3H3,(H,16,18). The highest BCUT2D eigenvalue weighted by atomic mass is 16.5. The lowest BCUT2D eigenvalue weighted by molar-refractivity contribution is -0.120. The average Bonchev–Trinajstić information content (AvgIpc) is 2.36. The van der Waals surface area contributed by atoms with E-state index in [-0.39, 0.29) is 17.9 Å². The summed E-state index contributed by atoms with van der Waals surface area (Å²) >= 11 is 0. The molecule has 0 radical (unpaired) electrons. The van der Waals surface area contributed by atoms with Gasteiger partial charge in [0.1, 0.15) is 5.75 Å². The first kappa shape index (κ1) is 15.5. The fourth-order valence-corrected chi connectivity index (χ4v) is 1.94. The Morgan fingerprint density at radius 3 is 2.47 bits per heavy atom. The van der Waals surface area contributed by atoms with Crippen LogP contribution < -0.4 is 10.1 Å². The van der Waals surface area contributed by atoms with Gasteiger partial charge in [0.15, 0.2) is 0 Å². The van der Waals surface area contributed by atoms with E-state index in [4.69, 9.17) is 4.74 Å². The maximum Gasteiger partial charge on any atom is 0.224 e. The summed E-state index contributed by atoms with van der Waals surface area (Å²) in [5, 5.41) is 12.1. The summed E-state index contributed by atoms with van der Waals surface area (Å²) in [6, 6.07) is 7.46. The van der Waals surface area contributed by atoms with Crippen LogP contribution in [0.5, 0.6) is 5.75 Å². The van der Waals surface area contributed by atoms with Crippen molar-refractivity contribution in [3.8, 4) is 5.75 Å². The summed E-state index contributed by atoms with van der Waals surface area (Å²) in [6.07, 6.45) is 0.738. The third kappa shape index (κ3) is 6.25. The van der Waals surface area contributed by atoms with Crippen molar-refractivity contribution >= 4 is 5.91 Å². The molecule has 4 heteroatoms. The molecule has 0 aliphatic heterocycles. The molecule has 106 valence electrons. The maximum absolute atomic E-state index is 11.8. The van der Waals surface area contributed by atoms with E-state index in [0.717, 1.165) is 11.3 Å². The smallest absolute Gasteiger partial charge is 0.224 e. The number of benzene rings is 1. The zero-order valence-electron chi connectivity index (χ0n) is 11.8. The zero-order valence-corrected chi connectivity index (χ0v) is 11.8. The van der Waals surface area contributed by atoms with Gasteiger partial charge in [-0.05, 0) is 37.0 Å². The summed E-state index contributed by atoms with van der Waals surface area (Å²) < 4.78 is 5.07. The lowest BCUT2D eigenvalue weighted by Gasteiger charge is -2.14. The molecule has 0 bridgehead atoms. The molecular formula is C15H23NO3. The Kier molecular flexibility index (Phi) is 6.36. The molecule has 19 heavy (non-hydrogen) atoms. The Balaban J connectivity index is 2.34. The molecule has 0 saturated heterocycles. The third-order valence-electron chi connectivity index (χ3n) is 2.91. The molecule has 0 fully saturated rings. The van der Waals surface area contributed by atoms with E-state index in [2.05, 4.69) is 5.32 Å². The number of hydrogen-bond donors (Lipinski definition) is 2. The molecule has 0 aliphatic carbocycles. The number of carbonyl (C=O) groups is 1. The Morgan fingerprint density at radius 1 is 1.32 bits per heavy atom. The van der Waals surface area contributed by atoms with E-state index >= 15 is 0 Å². The lowest BCUT2D eigenvalue weighted by atomic mass is 10.0. The highest BCUT2D eigenvalue weighted by molar-refractivity contribution is 5.78. The molecule has 2 unspecified atom stereocenters. The second-order valence-corrected chi connectivity index (χ2v) is 5.02. The minimum Gasteiger partial charge on any atom is -0.497 e. The molecule has 0 heterocycles. The van der Waals surface area contributed by atoms with Gasteiger partial charge in [-0.1, -0.05) is 19.1 Å². The van der Waals surface area contributed by atoms with Crippen LogP contribution in [0.1, 0.15) is 25.8 Å². The van der Waals surface area contributed by atoms with Crippen molar-refractivity contribution in [1.29, 1.82) is 0 Å². The second kappa shape index (κ2) is 7.79. The third-order valence-corrected chi connectivity index (χ3v) is 2.91. The fraction of sp³-hybridized carbons (Fsp3) is 0.533. The number of aliphatic hydroxyl groups excluding tert-OH is 1. The number of nitrogens with one attached hydrogen (secondary N) is 1. The van der Waals surface area contributed by atoms with Gasteiger partial charge in [-0.25, -0.2) is 0 Å². The molecule has 2 N–H and O–H groups in total. The van der Waals surface area contributed by atoms with Gasteiger partial charge in [-0.15, -0.1) is 0 Å². The molecule has 0 aromatic heterocycles. The summed E-state index contributed by atoms with van der Waals surface area (Å²) in [7, 11) is 1.62. The SMILES string of the molecule is COc1ccc(CC(=O)NCC(C)CC(C)O)cc1. The van der Waals surface area contributed by atoms with Crippen LogP contribution in [0, 0.1) is 5.92 Å². The molecule has 0 aliphatic rings. The van der Waals surface area contributed by atoms with E-state index in [9.17, 15) is 9.90 Å². The number of ether oxygens (including phenoxy) is 1. The maximum atomic E-state index is 11.8. The molecular weight excluding hydrogens is 242 g/mol. The number of hydrogen-bond acceptors (Lipinski definition) is 3. The Bertz CT molecular complexity index is 387. The van der Waals surface area contributed by atoms with E-state index in [1.807, 2.05) is 31.2 Å². The average molecular weight is 265 g/mol. The van der Waals surface area contributed by atoms with E-state index in [1.54, 1.807) is 14.0 Å². The van der Waals surface area contributed by atoms with Crippen LogP contribution >= 0.6 is 0 Å². The molecule has 1 rings (SSSR count). The van der Waals surface area contributed by atoms with Crippen molar-refractivity contribution < 1.29 is 14.6 Å². The molecule has 2 atom stereocenters. The van der Waals surface area contributed by atoms with Crippen molar-refractivity contribution in [1.82, 2.24) is 5.32 Å². The van der Waals surface area contributed by atoms with Crippen LogP contribution in [0.15, 0.2) is 24.3 Å². The van der Waals surface area contributed by atoms with Gasteiger partial charge in [0, 0.05) is 6.54 Å². The number of aliphatic hydroxyl groups is 1. The highest BCUT2D eigenvalue weighted by Crippen LogP contribution is 2.11. The Morgan fingerprint density at radius 2 is 1.95 bits per heavy atom. The van der Waals surface area contributed by atoms with Gasteiger partial charge in [0.25, 0.3) is 0 Å². The first-order chi connectivity index (χ1) is 9.01. The predicted octanol–water partition coefficient (Wildman–Crippen LogP) is 1.76. The van der Waals surface area contributed by atoms with Crippen LogP contribution in [-0.2, 0) is 11.2 Å². The normalized spacial score (nSPS) is 13.7. The van der Waals surface area contributed by atoms with Gasteiger partial charge < -0.3 is 15.2 Å². The van der Waals surface area contributed by atoms with Crippen molar-refractivity contribution in [3.05, 3.63) is 29.8 Å². The zero-order chi connectivity index (χ0) is 14.3. The minimum atomic E-state index is -0.325. The van der Waals surface area contributed by atoms with Crippen LogP contribution in [0.4, 0.5) is 0 Å². The van der Waals surface area contributed by atoms with Gasteiger partial charge >= 0.3 is 0 Å². The van der Waals surface area contributed by atoms with Crippen LogP contribution in [0.2, 0.25) is 0 Å². The van der Waals surface area contributed by atoms with E-state index < -0.39 is 0 Å². The lowest BCUT2D eigenvalue weighted by Crippen LogP contribution is -2.30. The second-order valence-electron chi connectivity index (χ2n) is 5.02. The molecule has 1 amide bonds. The quantitative estimate of drug-likeness (QED) is 0.790. The summed E-state index contributed by atoms with van der Waals surface area (Å²) in [6.45, 7) is 4.37. The number of methoxy groups -OCH3 is 1. The predicted molar refractivity (Wildman–Crippen MR) is 75.2 cm³/mol. The molecule has 1 aromatic rings. The van der Waals surface area contributed by atoms with Crippen molar-refractivity contribution in [2.75, 3.05) is 13.7 Å². The largest absolute Gasteiger partial charge is 0.497 e. The van der Waals surface area contributed by atoms with Crippen molar-refractivity contribution in [2.24, 2.45) is 5.92 Å². The molecule has 1 aromatic carbocycles. The van der Waals surface area contributed by atoms with Crippen LogP contribution in [-0.4, -0.2) is 30.8 Å². The first-order valence-electron chi connectivity index (χ1n) is 6.59. The minimum absolute atomic E-state index is 0.00242. The summed E-state index contributed by atoms with van der Waals surface area (Å²) in [5.74, 6) is 1.07. The van der Waals surface area contributed by atoms with Crippen molar-refractivity contribution in [3.63, 3.8) is 0 Å².